The largest absolute Gasteiger partial charge is 0.522 e. The van der Waals surface area contributed by atoms with Gasteiger partial charge in [-0.05, 0) is 152 Å². The van der Waals surface area contributed by atoms with Crippen molar-refractivity contribution in [2.75, 3.05) is 115 Å². The molecule has 8 aliphatic heterocycles. The number of carbonyl (C=O) groups excluding carboxylic acids is 4. The van der Waals surface area contributed by atoms with Crippen LogP contribution in [-0.2, 0) is 34.2 Å². The van der Waals surface area contributed by atoms with Gasteiger partial charge in [0, 0.05) is 169 Å². The van der Waals surface area contributed by atoms with Gasteiger partial charge in [-0.1, -0.05) is 54.9 Å². The van der Waals surface area contributed by atoms with E-state index in [2.05, 4.69) is 54.7 Å². The molecule has 12 heterocycles. The molecule has 0 radical (unpaired) electrons. The number of rotatable bonds is 17. The molecule has 4 aromatic heterocycles. The Morgan fingerprint density at radius 1 is 0.412 bits per heavy atom. The minimum atomic E-state index is -4.72. The topological polar surface area (TPSA) is 234 Å². The van der Waals surface area contributed by atoms with Crippen LogP contribution in [-0.4, -0.2) is 188 Å². The number of halogens is 5. The van der Waals surface area contributed by atoms with Crippen LogP contribution in [0.4, 0.5) is 17.6 Å². The Morgan fingerprint density at radius 2 is 0.832 bits per heavy atom. The van der Waals surface area contributed by atoms with Gasteiger partial charge >= 0.3 is 6.36 Å². The third-order valence-corrected chi connectivity index (χ3v) is 25.8. The predicted molar refractivity (Wildman–Crippen MR) is 479 cm³/mol. The lowest BCUT2D eigenvalue weighted by atomic mass is 9.81. The third-order valence-electron chi connectivity index (χ3n) is 25.5. The molecule has 4 saturated heterocycles. The van der Waals surface area contributed by atoms with E-state index in [1.54, 1.807) is 61.5 Å². The maximum atomic E-state index is 14.6. The van der Waals surface area contributed by atoms with E-state index in [0.29, 0.717) is 161 Å². The van der Waals surface area contributed by atoms with Crippen LogP contribution in [0.25, 0.3) is 28.3 Å². The summed E-state index contributed by atoms with van der Waals surface area (Å²) in [5.74, 6) is 5.53. The lowest BCUT2D eigenvalue weighted by Crippen LogP contribution is -2.50. The molecule has 8 aromatic carbocycles. The minimum absolute atomic E-state index is 0.00666. The van der Waals surface area contributed by atoms with E-state index in [1.165, 1.54) is 45.6 Å². The van der Waals surface area contributed by atoms with Crippen LogP contribution in [0.3, 0.4) is 0 Å². The van der Waals surface area contributed by atoms with E-state index in [1.807, 2.05) is 162 Å². The first-order chi connectivity index (χ1) is 63.5. The maximum Gasteiger partial charge on any atom is 0.522 e. The lowest BCUT2D eigenvalue weighted by Gasteiger charge is -2.45. The highest BCUT2D eigenvalue weighted by Gasteiger charge is 2.50. The van der Waals surface area contributed by atoms with Crippen molar-refractivity contribution in [3.63, 3.8) is 0 Å². The number of ether oxygens (including phenoxy) is 13. The number of para-hydroxylation sites is 5. The van der Waals surface area contributed by atoms with Gasteiger partial charge in [-0.25, -0.2) is 4.39 Å². The lowest BCUT2D eigenvalue weighted by molar-refractivity contribution is -0.325. The summed E-state index contributed by atoms with van der Waals surface area (Å²) in [4.78, 5) is 60.1. The first-order valence-corrected chi connectivity index (χ1v) is 43.9. The fourth-order valence-electron chi connectivity index (χ4n) is 18.8. The number of alkyl halides is 3. The quantitative estimate of drug-likeness (QED) is 0.0609. The second-order valence-electron chi connectivity index (χ2n) is 32.9. The summed E-state index contributed by atoms with van der Waals surface area (Å²) in [7, 11) is 11.0. The molecular formula is C100H100ClF4N9O17. The summed E-state index contributed by atoms with van der Waals surface area (Å²) in [5, 5.41) is 5.17. The van der Waals surface area contributed by atoms with Crippen molar-refractivity contribution < 1.29 is 98.3 Å². The van der Waals surface area contributed by atoms with Crippen molar-refractivity contribution in [3.05, 3.63) is 275 Å². The second kappa shape index (κ2) is 37.4. The zero-order chi connectivity index (χ0) is 91.5. The number of hydrogen-bond donors (Lipinski definition) is 0. The average molecular weight is 1810 g/mol. The molecule has 0 atom stereocenters. The van der Waals surface area contributed by atoms with E-state index >= 15 is 0 Å². The van der Waals surface area contributed by atoms with Crippen molar-refractivity contribution in [2.24, 2.45) is 7.05 Å². The molecule has 8 aliphatic rings. The summed E-state index contributed by atoms with van der Waals surface area (Å²) in [6.45, 7) is 5.95. The summed E-state index contributed by atoms with van der Waals surface area (Å²) < 4.78 is 132. The van der Waals surface area contributed by atoms with Crippen LogP contribution < -0.4 is 56.8 Å². The summed E-state index contributed by atoms with van der Waals surface area (Å²) >= 11 is 6.23. The van der Waals surface area contributed by atoms with Gasteiger partial charge in [-0.2, -0.15) is 5.10 Å². The van der Waals surface area contributed by atoms with Gasteiger partial charge in [0.25, 0.3) is 23.6 Å². The fraction of sp³-hybridized carbons (Fsp3) is 0.330. The fourth-order valence-corrected chi connectivity index (χ4v) is 19.0. The Kier molecular flexibility index (Phi) is 25.5. The molecule has 4 fully saturated rings. The van der Waals surface area contributed by atoms with E-state index in [-0.39, 0.29) is 53.0 Å². The van der Waals surface area contributed by atoms with Crippen LogP contribution in [0.5, 0.6) is 69.0 Å². The number of hydrogen-bond acceptors (Lipinski definition) is 18. The van der Waals surface area contributed by atoms with Crippen molar-refractivity contribution in [1.82, 2.24) is 43.1 Å². The first kappa shape index (κ1) is 89.3. The van der Waals surface area contributed by atoms with Crippen LogP contribution in [0.1, 0.15) is 129 Å². The zero-order valence-corrected chi connectivity index (χ0v) is 74.5. The Hall–Kier alpha value is -13.7. The van der Waals surface area contributed by atoms with Crippen LogP contribution >= 0.6 is 11.6 Å². The highest BCUT2D eigenvalue weighted by Crippen LogP contribution is 2.53. The van der Waals surface area contributed by atoms with Gasteiger partial charge in [0.05, 0.1) is 113 Å². The van der Waals surface area contributed by atoms with Crippen LogP contribution in [0.15, 0.2) is 219 Å². The summed E-state index contributed by atoms with van der Waals surface area (Å²) in [5.41, 5.74) is 9.03. The van der Waals surface area contributed by atoms with Crippen molar-refractivity contribution in [1.29, 1.82) is 0 Å². The number of nitrogens with zero attached hydrogens (tertiary/aromatic N) is 9. The average Bonchev–Trinajstić information content (AvgIpc) is 1.54. The normalized spacial score (nSPS) is 16.2. The molecule has 31 heteroatoms. The Labute approximate surface area is 760 Å². The van der Waals surface area contributed by atoms with Gasteiger partial charge < -0.3 is 90.1 Å². The third kappa shape index (κ3) is 17.5. The van der Waals surface area contributed by atoms with Gasteiger partial charge in [-0.15, -0.1) is 13.2 Å². The van der Waals surface area contributed by atoms with Gasteiger partial charge in [0.15, 0.2) is 51.3 Å². The molecule has 0 N–H and O–H groups in total. The molecule has 12 aromatic rings. The smallest absolute Gasteiger partial charge is 0.497 e. The highest BCUT2D eigenvalue weighted by molar-refractivity contribution is 6.30. The number of aromatic nitrogens is 5. The molecule has 4 amide bonds. The summed E-state index contributed by atoms with van der Waals surface area (Å²) in [6, 6.07) is 59.8. The van der Waals surface area contributed by atoms with E-state index in [0.717, 1.165) is 80.4 Å². The zero-order valence-electron chi connectivity index (χ0n) is 73.8. The number of aryl methyl sites for hydroxylation is 1. The number of fused-ring (bicyclic) bond motifs is 16. The van der Waals surface area contributed by atoms with E-state index < -0.39 is 41.2 Å². The van der Waals surface area contributed by atoms with Crippen molar-refractivity contribution in [3.8, 4) is 97.3 Å². The molecule has 0 bridgehead atoms. The molecule has 0 unspecified atom stereocenters. The van der Waals surface area contributed by atoms with E-state index in [9.17, 15) is 36.7 Å². The van der Waals surface area contributed by atoms with Crippen LogP contribution in [0, 0.1) is 5.82 Å². The standard InChI is InChI=1S/C26H25F3N2O5.C26H29N3O4.C24H23ClN2O4.C24H23FN2O4/c1-33-22-17-18(8-9-21(22)34-15-16-35-26(27,28)29)24(32)30-13-10-25(11-14-30)23-7-4-12-31(23)19-5-2-3-6-20(19)36-25;1-4-15-32-22-10-9-18(16-23(22)31-3)25(30)29-13-11-26(12-14-29)20-17-27-28(2)24(20)19-7-5-6-8-21(19)33-26;1-29-17-6-8-20(30-2)18(15-17)23(28)26-12-9-24(10-13-26)22-4-3-11-27(22)19-7-5-16(25)14-21(19)31-24;1-29-20-14-16(17(25)15-21(20)30-2)23(28)26-12-9-24(10-13-26)22-8-5-11-27(22)18-6-3-4-7-19(18)31-24/h2-9,12,17H,10-11,13-16H2,1H3;5-10,16-17H,4,11-15H2,1-3H3;2*3-8,11,14-15H,9-10,12-13H2,1-2H3. The second-order valence-corrected chi connectivity index (χ2v) is 33.3. The van der Waals surface area contributed by atoms with Crippen LogP contribution in [0.2, 0.25) is 5.02 Å². The molecule has 682 valence electrons. The number of benzene rings is 8. The van der Waals surface area contributed by atoms with Crippen molar-refractivity contribution in [2.45, 2.75) is 93.5 Å². The predicted octanol–water partition coefficient (Wildman–Crippen LogP) is 18.2. The Bertz CT molecular complexity index is 6210. The number of methoxy groups -OCH3 is 6. The Morgan fingerprint density at radius 3 is 1.32 bits per heavy atom. The highest BCUT2D eigenvalue weighted by atomic mass is 35.5. The molecular weight excluding hydrogens is 1710 g/mol. The molecule has 26 nitrogen and oxygen atoms in total. The first-order valence-electron chi connectivity index (χ1n) is 43.5. The number of carbonyl (C=O) groups is 4. The molecule has 0 aliphatic carbocycles. The van der Waals surface area contributed by atoms with Gasteiger partial charge in [-0.3, -0.25) is 28.6 Å². The van der Waals surface area contributed by atoms with Crippen molar-refractivity contribution >= 4 is 35.2 Å². The van der Waals surface area contributed by atoms with Gasteiger partial charge in [0.2, 0.25) is 0 Å². The SMILES string of the molecule is CCCOc1ccc(C(=O)N2CCC3(CC2)Oc2ccccc2-c2c3cnn2C)cc1OC.COc1cc(C(=O)N2CCC3(CC2)Oc2ccccc2-n2cccc23)ccc1OCCOC(F)(F)F.COc1cc(F)c(C(=O)N2CCC3(CC2)Oc2ccccc2-n2cccc23)cc1OC.COc1ccc(OC)c(C(=O)N2CCC3(CC2)Oc2cc(Cl)ccc2-n2cccc23)c1. The molecule has 131 heavy (non-hydrogen) atoms. The number of amides is 4. The molecule has 0 saturated carbocycles. The van der Waals surface area contributed by atoms with E-state index in [4.69, 9.17) is 68.4 Å². The molecule has 20 rings (SSSR count). The maximum absolute atomic E-state index is 14.6. The summed E-state index contributed by atoms with van der Waals surface area (Å²) in [6.07, 6.45) is 9.50. The monoisotopic (exact) mass is 1810 g/mol. The molecule has 4 spiro atoms. The number of likely N-dealkylation sites (tertiary alicyclic amines) is 4. The van der Waals surface area contributed by atoms with Gasteiger partial charge in [0.1, 0.15) is 52.5 Å². The number of piperidine rings is 4. The Balaban J connectivity index is 0.000000122. The minimum Gasteiger partial charge on any atom is -0.497 e.